The first-order valence-electron chi connectivity index (χ1n) is 5.73. The van der Waals surface area contributed by atoms with Crippen LogP contribution >= 0.6 is 0 Å². The molecule has 4 nitrogen and oxygen atoms in total. The van der Waals surface area contributed by atoms with Gasteiger partial charge in [-0.3, -0.25) is 4.79 Å². The second-order valence-electron chi connectivity index (χ2n) is 3.95. The first kappa shape index (κ1) is 14.6. The van der Waals surface area contributed by atoms with Crippen LogP contribution in [-0.2, 0) is 19.7 Å². The average molecular weight is 255 g/mol. The van der Waals surface area contributed by atoms with Crippen LogP contribution in [0.2, 0.25) is 0 Å². The number of methoxy groups -OCH3 is 1. The number of carbonyl (C=O) groups is 1. The summed E-state index contributed by atoms with van der Waals surface area (Å²) < 4.78 is 23.4. The highest BCUT2D eigenvalue weighted by Gasteiger charge is 2.41. The predicted octanol–water partition coefficient (Wildman–Crippen LogP) is 1.23. The fraction of sp³-hybridized carbons (Fsp3) is 0.462. The lowest BCUT2D eigenvalue weighted by atomic mass is 9.81. The van der Waals surface area contributed by atoms with Crippen LogP contribution in [0.5, 0.6) is 0 Å². The largest absolute Gasteiger partial charge is 0.465 e. The van der Waals surface area contributed by atoms with Gasteiger partial charge in [-0.15, -0.1) is 0 Å². The minimum atomic E-state index is -1.16. The molecule has 5 heteroatoms. The molecule has 100 valence electrons. The molecule has 0 aliphatic rings. The number of carbonyl (C=O) groups excluding carboxylic acids is 1. The van der Waals surface area contributed by atoms with Gasteiger partial charge in [0.1, 0.15) is 11.2 Å². The number of nitrogens with two attached hydrogens (primary N) is 1. The third kappa shape index (κ3) is 2.86. The minimum Gasteiger partial charge on any atom is -0.465 e. The van der Waals surface area contributed by atoms with Crippen molar-refractivity contribution in [2.24, 2.45) is 5.73 Å². The Balaban J connectivity index is 3.21. The van der Waals surface area contributed by atoms with E-state index in [0.717, 1.165) is 0 Å². The van der Waals surface area contributed by atoms with Crippen molar-refractivity contribution in [3.63, 3.8) is 0 Å². The molecule has 0 bridgehead atoms. The number of hydrogen-bond acceptors (Lipinski definition) is 4. The van der Waals surface area contributed by atoms with Crippen molar-refractivity contribution >= 4 is 5.97 Å². The zero-order valence-electron chi connectivity index (χ0n) is 10.6. The summed E-state index contributed by atoms with van der Waals surface area (Å²) in [6.45, 7) is 1.98. The van der Waals surface area contributed by atoms with Crippen molar-refractivity contribution in [2.75, 3.05) is 26.9 Å². The minimum absolute atomic E-state index is 0.0108. The Morgan fingerprint density at radius 2 is 2.22 bits per heavy atom. The van der Waals surface area contributed by atoms with Crippen molar-refractivity contribution in [1.29, 1.82) is 0 Å². The molecule has 0 radical (unpaired) electrons. The zero-order valence-corrected chi connectivity index (χ0v) is 10.6. The smallest absolute Gasteiger partial charge is 0.320 e. The van der Waals surface area contributed by atoms with Gasteiger partial charge in [-0.1, -0.05) is 12.1 Å². The van der Waals surface area contributed by atoms with E-state index >= 15 is 0 Å². The molecule has 1 rings (SSSR count). The lowest BCUT2D eigenvalue weighted by Gasteiger charge is -2.29. The van der Waals surface area contributed by atoms with Gasteiger partial charge in [-0.2, -0.15) is 0 Å². The van der Waals surface area contributed by atoms with Crippen molar-refractivity contribution < 1.29 is 18.7 Å². The fourth-order valence-corrected chi connectivity index (χ4v) is 1.82. The molecule has 1 aromatic carbocycles. The molecule has 1 unspecified atom stereocenters. The molecule has 0 amide bonds. The fourth-order valence-electron chi connectivity index (χ4n) is 1.82. The molecule has 0 fully saturated rings. The molecule has 1 atom stereocenters. The normalized spacial score (nSPS) is 14.0. The van der Waals surface area contributed by atoms with Crippen molar-refractivity contribution in [1.82, 2.24) is 0 Å². The zero-order chi connectivity index (χ0) is 13.6. The second-order valence-corrected chi connectivity index (χ2v) is 3.95. The van der Waals surface area contributed by atoms with E-state index in [1.807, 2.05) is 0 Å². The SMILES string of the molecule is CCOC(=O)C(CN)(COC)c1cccc(F)c1. The summed E-state index contributed by atoms with van der Waals surface area (Å²) in [7, 11) is 1.46. The summed E-state index contributed by atoms with van der Waals surface area (Å²) in [6.07, 6.45) is 0. The van der Waals surface area contributed by atoms with Gasteiger partial charge in [0.05, 0.1) is 13.2 Å². The van der Waals surface area contributed by atoms with Crippen LogP contribution in [0.25, 0.3) is 0 Å². The van der Waals surface area contributed by atoms with Crippen molar-refractivity contribution in [3.05, 3.63) is 35.6 Å². The number of halogens is 1. The molecule has 0 saturated heterocycles. The van der Waals surface area contributed by atoms with Crippen LogP contribution in [0.15, 0.2) is 24.3 Å². The Hall–Kier alpha value is -1.46. The molecule has 0 saturated carbocycles. The average Bonchev–Trinajstić information content (AvgIpc) is 2.36. The molecule has 0 heterocycles. The molecule has 0 aliphatic carbocycles. The quantitative estimate of drug-likeness (QED) is 0.777. The lowest BCUT2D eigenvalue weighted by Crippen LogP contribution is -2.48. The van der Waals surface area contributed by atoms with E-state index in [0.29, 0.717) is 5.56 Å². The lowest BCUT2D eigenvalue weighted by molar-refractivity contribution is -0.152. The summed E-state index contributed by atoms with van der Waals surface area (Å²) in [5.74, 6) is -0.925. The second kappa shape index (κ2) is 6.47. The number of benzene rings is 1. The monoisotopic (exact) mass is 255 g/mol. The Bertz CT molecular complexity index is 411. The molecule has 2 N–H and O–H groups in total. The van der Waals surface area contributed by atoms with Gasteiger partial charge in [0.25, 0.3) is 0 Å². The van der Waals surface area contributed by atoms with Crippen molar-refractivity contribution in [2.45, 2.75) is 12.3 Å². The summed E-state index contributed by atoms with van der Waals surface area (Å²) >= 11 is 0. The number of esters is 1. The van der Waals surface area contributed by atoms with Gasteiger partial charge in [0.15, 0.2) is 0 Å². The number of rotatable bonds is 6. The summed E-state index contributed by atoms with van der Waals surface area (Å²) in [6, 6.07) is 5.77. The van der Waals surface area contributed by atoms with Gasteiger partial charge in [0.2, 0.25) is 0 Å². The molecular weight excluding hydrogens is 237 g/mol. The van der Waals surface area contributed by atoms with E-state index in [2.05, 4.69) is 0 Å². The van der Waals surface area contributed by atoms with Gasteiger partial charge in [0, 0.05) is 13.7 Å². The predicted molar refractivity (Wildman–Crippen MR) is 65.6 cm³/mol. The van der Waals surface area contributed by atoms with E-state index in [1.165, 1.54) is 25.3 Å². The van der Waals surface area contributed by atoms with Gasteiger partial charge < -0.3 is 15.2 Å². The van der Waals surface area contributed by atoms with Gasteiger partial charge in [-0.05, 0) is 24.6 Å². The Labute approximate surface area is 106 Å². The van der Waals surface area contributed by atoms with Crippen LogP contribution < -0.4 is 5.73 Å². The van der Waals surface area contributed by atoms with Crippen LogP contribution in [-0.4, -0.2) is 32.8 Å². The number of ether oxygens (including phenoxy) is 2. The van der Waals surface area contributed by atoms with Crippen LogP contribution in [0.4, 0.5) is 4.39 Å². The summed E-state index contributed by atoms with van der Waals surface area (Å²) in [4.78, 5) is 12.1. The van der Waals surface area contributed by atoms with Crippen LogP contribution in [0.1, 0.15) is 12.5 Å². The molecule has 18 heavy (non-hydrogen) atoms. The highest BCUT2D eigenvalue weighted by atomic mass is 19.1. The number of hydrogen-bond donors (Lipinski definition) is 1. The summed E-state index contributed by atoms with van der Waals surface area (Å²) in [5.41, 5.74) is 5.01. The Kier molecular flexibility index (Phi) is 5.25. The highest BCUT2D eigenvalue weighted by molar-refractivity contribution is 5.84. The first-order chi connectivity index (χ1) is 8.60. The topological polar surface area (TPSA) is 61.5 Å². The van der Waals surface area contributed by atoms with E-state index in [4.69, 9.17) is 15.2 Å². The molecule has 0 aromatic heterocycles. The van der Waals surface area contributed by atoms with E-state index in [9.17, 15) is 9.18 Å². The molecule has 1 aromatic rings. The van der Waals surface area contributed by atoms with E-state index < -0.39 is 17.2 Å². The molecule has 0 spiro atoms. The van der Waals surface area contributed by atoms with E-state index in [-0.39, 0.29) is 19.8 Å². The van der Waals surface area contributed by atoms with E-state index in [1.54, 1.807) is 13.0 Å². The van der Waals surface area contributed by atoms with Gasteiger partial charge in [-0.25, -0.2) is 4.39 Å². The Morgan fingerprint density at radius 3 is 2.72 bits per heavy atom. The maximum absolute atomic E-state index is 13.3. The first-order valence-corrected chi connectivity index (χ1v) is 5.73. The molecule has 0 aliphatic heterocycles. The molecular formula is C13H18FNO3. The maximum atomic E-state index is 13.3. The maximum Gasteiger partial charge on any atom is 0.320 e. The Morgan fingerprint density at radius 1 is 1.50 bits per heavy atom. The summed E-state index contributed by atoms with van der Waals surface area (Å²) in [5, 5.41) is 0. The van der Waals surface area contributed by atoms with Crippen molar-refractivity contribution in [3.8, 4) is 0 Å². The third-order valence-electron chi connectivity index (χ3n) is 2.78. The highest BCUT2D eigenvalue weighted by Crippen LogP contribution is 2.26. The van der Waals surface area contributed by atoms with Crippen LogP contribution in [0, 0.1) is 5.82 Å². The van der Waals surface area contributed by atoms with Gasteiger partial charge >= 0.3 is 5.97 Å². The third-order valence-corrected chi connectivity index (χ3v) is 2.78. The van der Waals surface area contributed by atoms with Crippen LogP contribution in [0.3, 0.4) is 0 Å². The standard InChI is InChI=1S/C13H18FNO3/c1-3-18-12(16)13(8-15,9-17-2)10-5-4-6-11(14)7-10/h4-7H,3,8-9,15H2,1-2H3.